The van der Waals surface area contributed by atoms with Crippen molar-refractivity contribution < 1.29 is 0 Å². The van der Waals surface area contributed by atoms with Gasteiger partial charge in [0.15, 0.2) is 5.65 Å². The van der Waals surface area contributed by atoms with Gasteiger partial charge < -0.3 is 9.47 Å². The van der Waals surface area contributed by atoms with Crippen molar-refractivity contribution in [2.45, 2.75) is 20.0 Å². The van der Waals surface area contributed by atoms with Crippen molar-refractivity contribution in [3.05, 3.63) is 30.7 Å². The molecule has 4 rings (SSSR count). The number of aryl methyl sites for hydroxylation is 2. The first-order valence-corrected chi connectivity index (χ1v) is 8.36. The fraction of sp³-hybridized carbons (Fsp3) is 0.500. The molecule has 1 saturated heterocycles. The van der Waals surface area contributed by atoms with Gasteiger partial charge in [0.2, 0.25) is 0 Å². The molecule has 0 aromatic carbocycles. The standard InChI is InChI=1S/C16H22N8/c1-3-23-5-4-17-14(23)11-22-6-8-24(9-7-22)16-13-10-20-21(2)15(13)18-12-19-16/h4-5,10,12H,3,6-9,11H2,1-2H3. The van der Waals surface area contributed by atoms with Gasteiger partial charge in [-0.3, -0.25) is 9.58 Å². The van der Waals surface area contributed by atoms with E-state index in [9.17, 15) is 0 Å². The Morgan fingerprint density at radius 3 is 2.71 bits per heavy atom. The van der Waals surface area contributed by atoms with E-state index in [2.05, 4.69) is 41.3 Å². The molecule has 3 aromatic rings. The average molecular weight is 326 g/mol. The lowest BCUT2D eigenvalue weighted by molar-refractivity contribution is 0.240. The molecule has 0 amide bonds. The van der Waals surface area contributed by atoms with Gasteiger partial charge in [-0.2, -0.15) is 5.10 Å². The van der Waals surface area contributed by atoms with Crippen LogP contribution in [-0.2, 0) is 20.1 Å². The second kappa shape index (κ2) is 6.20. The molecule has 0 bridgehead atoms. The molecule has 0 saturated carbocycles. The lowest BCUT2D eigenvalue weighted by atomic mass is 10.2. The van der Waals surface area contributed by atoms with Crippen LogP contribution in [0.5, 0.6) is 0 Å². The van der Waals surface area contributed by atoms with Crippen LogP contribution in [0, 0.1) is 0 Å². The first kappa shape index (κ1) is 15.1. The van der Waals surface area contributed by atoms with E-state index >= 15 is 0 Å². The molecule has 0 radical (unpaired) electrons. The SMILES string of the molecule is CCn1ccnc1CN1CCN(c2ncnc3c2cnn3C)CC1. The summed E-state index contributed by atoms with van der Waals surface area (Å²) in [7, 11) is 1.91. The van der Waals surface area contributed by atoms with Gasteiger partial charge in [0, 0.05) is 52.2 Å². The number of hydrogen-bond acceptors (Lipinski definition) is 6. The molecule has 8 heteroatoms. The average Bonchev–Trinajstić information content (AvgIpc) is 3.22. The third kappa shape index (κ3) is 2.62. The number of aromatic nitrogens is 6. The maximum atomic E-state index is 4.50. The Hall–Kier alpha value is -2.48. The van der Waals surface area contributed by atoms with Gasteiger partial charge in [0.05, 0.1) is 18.1 Å². The number of nitrogens with zero attached hydrogens (tertiary/aromatic N) is 8. The third-order valence-electron chi connectivity index (χ3n) is 4.69. The molecule has 4 heterocycles. The van der Waals surface area contributed by atoms with E-state index in [0.29, 0.717) is 0 Å². The molecule has 24 heavy (non-hydrogen) atoms. The van der Waals surface area contributed by atoms with Gasteiger partial charge in [-0.05, 0) is 6.92 Å². The molecule has 0 unspecified atom stereocenters. The van der Waals surface area contributed by atoms with Crippen LogP contribution < -0.4 is 4.90 Å². The van der Waals surface area contributed by atoms with E-state index in [-0.39, 0.29) is 0 Å². The predicted molar refractivity (Wildman–Crippen MR) is 91.7 cm³/mol. The van der Waals surface area contributed by atoms with Gasteiger partial charge in [-0.1, -0.05) is 0 Å². The fourth-order valence-corrected chi connectivity index (χ4v) is 3.30. The highest BCUT2D eigenvalue weighted by Crippen LogP contribution is 2.23. The van der Waals surface area contributed by atoms with Crippen LogP contribution in [-0.4, -0.2) is 60.4 Å². The summed E-state index contributed by atoms with van der Waals surface area (Å²) in [6.07, 6.45) is 7.42. The zero-order valence-corrected chi connectivity index (χ0v) is 14.1. The van der Waals surface area contributed by atoms with Crippen molar-refractivity contribution in [3.8, 4) is 0 Å². The van der Waals surface area contributed by atoms with Crippen molar-refractivity contribution in [1.29, 1.82) is 0 Å². The highest BCUT2D eigenvalue weighted by Gasteiger charge is 2.21. The topological polar surface area (TPSA) is 67.9 Å². The smallest absolute Gasteiger partial charge is 0.163 e. The molecule has 1 aliphatic rings. The summed E-state index contributed by atoms with van der Waals surface area (Å²) in [5.41, 5.74) is 0.882. The number of piperazine rings is 1. The fourth-order valence-electron chi connectivity index (χ4n) is 3.30. The Labute approximate surface area is 140 Å². The van der Waals surface area contributed by atoms with Crippen molar-refractivity contribution in [2.75, 3.05) is 31.1 Å². The van der Waals surface area contributed by atoms with Gasteiger partial charge >= 0.3 is 0 Å². The first-order valence-electron chi connectivity index (χ1n) is 8.36. The summed E-state index contributed by atoms with van der Waals surface area (Å²) in [5.74, 6) is 2.13. The van der Waals surface area contributed by atoms with E-state index < -0.39 is 0 Å². The maximum Gasteiger partial charge on any atom is 0.163 e. The molecule has 0 aliphatic carbocycles. The monoisotopic (exact) mass is 326 g/mol. The zero-order chi connectivity index (χ0) is 16.5. The zero-order valence-electron chi connectivity index (χ0n) is 14.1. The number of rotatable bonds is 4. The lowest BCUT2D eigenvalue weighted by Gasteiger charge is -2.35. The van der Waals surface area contributed by atoms with E-state index in [0.717, 1.165) is 61.9 Å². The second-order valence-electron chi connectivity index (χ2n) is 6.10. The van der Waals surface area contributed by atoms with Crippen LogP contribution in [0.1, 0.15) is 12.7 Å². The summed E-state index contributed by atoms with van der Waals surface area (Å²) >= 11 is 0. The molecule has 1 aliphatic heterocycles. The second-order valence-corrected chi connectivity index (χ2v) is 6.10. The Morgan fingerprint density at radius 2 is 1.92 bits per heavy atom. The summed E-state index contributed by atoms with van der Waals surface area (Å²) in [6, 6.07) is 0. The summed E-state index contributed by atoms with van der Waals surface area (Å²) in [4.78, 5) is 18.1. The number of fused-ring (bicyclic) bond motifs is 1. The molecule has 8 nitrogen and oxygen atoms in total. The maximum absolute atomic E-state index is 4.50. The Balaban J connectivity index is 1.46. The quantitative estimate of drug-likeness (QED) is 0.710. The molecule has 1 fully saturated rings. The Kier molecular flexibility index (Phi) is 3.89. The number of hydrogen-bond donors (Lipinski definition) is 0. The number of anilines is 1. The largest absolute Gasteiger partial charge is 0.353 e. The van der Waals surface area contributed by atoms with Crippen LogP contribution in [0.4, 0.5) is 5.82 Å². The van der Waals surface area contributed by atoms with E-state index in [4.69, 9.17) is 0 Å². The summed E-state index contributed by atoms with van der Waals surface area (Å²) in [5, 5.41) is 5.32. The van der Waals surface area contributed by atoms with Crippen LogP contribution in [0.3, 0.4) is 0 Å². The molecular formula is C16H22N8. The predicted octanol–water partition coefficient (Wildman–Crippen LogP) is 0.902. The van der Waals surface area contributed by atoms with Crippen LogP contribution in [0.25, 0.3) is 11.0 Å². The van der Waals surface area contributed by atoms with Gasteiger partial charge in [0.25, 0.3) is 0 Å². The normalized spacial score (nSPS) is 16.2. The van der Waals surface area contributed by atoms with Crippen LogP contribution in [0.2, 0.25) is 0 Å². The van der Waals surface area contributed by atoms with Gasteiger partial charge in [0.1, 0.15) is 18.0 Å². The Morgan fingerprint density at radius 1 is 1.08 bits per heavy atom. The Bertz CT molecular complexity index is 828. The molecule has 3 aromatic heterocycles. The highest BCUT2D eigenvalue weighted by atomic mass is 15.3. The first-order chi connectivity index (χ1) is 11.8. The van der Waals surface area contributed by atoms with Crippen molar-refractivity contribution >= 4 is 16.9 Å². The van der Waals surface area contributed by atoms with Gasteiger partial charge in [-0.15, -0.1) is 0 Å². The number of imidazole rings is 1. The minimum absolute atomic E-state index is 0.882. The van der Waals surface area contributed by atoms with Crippen LogP contribution >= 0.6 is 0 Å². The van der Waals surface area contributed by atoms with Crippen molar-refractivity contribution in [1.82, 2.24) is 34.2 Å². The summed E-state index contributed by atoms with van der Waals surface area (Å²) in [6.45, 7) is 7.93. The van der Waals surface area contributed by atoms with Crippen molar-refractivity contribution in [2.24, 2.45) is 7.05 Å². The van der Waals surface area contributed by atoms with E-state index in [1.807, 2.05) is 25.6 Å². The molecule has 0 atom stereocenters. The minimum atomic E-state index is 0.882. The van der Waals surface area contributed by atoms with E-state index in [1.54, 1.807) is 11.0 Å². The van der Waals surface area contributed by atoms with Gasteiger partial charge in [-0.25, -0.2) is 15.0 Å². The summed E-state index contributed by atoms with van der Waals surface area (Å²) < 4.78 is 4.00. The van der Waals surface area contributed by atoms with Crippen LogP contribution in [0.15, 0.2) is 24.9 Å². The molecular weight excluding hydrogens is 304 g/mol. The van der Waals surface area contributed by atoms with E-state index in [1.165, 1.54) is 0 Å². The third-order valence-corrected chi connectivity index (χ3v) is 4.69. The molecule has 126 valence electrons. The minimum Gasteiger partial charge on any atom is -0.353 e. The highest BCUT2D eigenvalue weighted by molar-refractivity contribution is 5.86. The lowest BCUT2D eigenvalue weighted by Crippen LogP contribution is -2.46. The molecule has 0 spiro atoms. The molecule has 0 N–H and O–H groups in total. The van der Waals surface area contributed by atoms with Crippen molar-refractivity contribution in [3.63, 3.8) is 0 Å².